The van der Waals surface area contributed by atoms with E-state index in [2.05, 4.69) is 4.98 Å². The average Bonchev–Trinajstić information content (AvgIpc) is 2.85. The van der Waals surface area contributed by atoms with Crippen LogP contribution in [0.5, 0.6) is 0 Å². The Morgan fingerprint density at radius 2 is 1.83 bits per heavy atom. The van der Waals surface area contributed by atoms with Crippen LogP contribution in [0.1, 0.15) is 16.2 Å². The Kier molecular flexibility index (Phi) is 3.43. The quantitative estimate of drug-likeness (QED) is 0.543. The van der Waals surface area contributed by atoms with Crippen LogP contribution in [0.15, 0.2) is 42.5 Å². The van der Waals surface area contributed by atoms with Gasteiger partial charge >= 0.3 is 5.92 Å². The fourth-order valence-corrected chi connectivity index (χ4v) is 2.37. The van der Waals surface area contributed by atoms with Gasteiger partial charge in [-0.3, -0.25) is 4.79 Å². The molecular formula is C16H10F4N2O. The topological polar surface area (TPSA) is 34.9 Å². The van der Waals surface area contributed by atoms with Crippen molar-refractivity contribution in [2.75, 3.05) is 0 Å². The Hall–Kier alpha value is -2.70. The van der Waals surface area contributed by atoms with Crippen LogP contribution in [0.4, 0.5) is 17.6 Å². The molecule has 0 saturated carbocycles. The maximum Gasteiger partial charge on any atom is 0.366 e. The van der Waals surface area contributed by atoms with E-state index in [1.807, 2.05) is 0 Å². The van der Waals surface area contributed by atoms with Gasteiger partial charge in [-0.05, 0) is 24.3 Å². The highest BCUT2D eigenvalue weighted by Crippen LogP contribution is 2.33. The maximum atomic E-state index is 14.5. The summed E-state index contributed by atoms with van der Waals surface area (Å²) < 4.78 is 56.6. The second kappa shape index (κ2) is 5.19. The molecule has 0 unspecified atom stereocenters. The average molecular weight is 322 g/mol. The minimum absolute atomic E-state index is 0.289. The molecule has 0 amide bonds. The highest BCUT2D eigenvalue weighted by molar-refractivity contribution is 6.02. The zero-order valence-corrected chi connectivity index (χ0v) is 11.9. The number of aryl methyl sites for hydroxylation is 1. The van der Waals surface area contributed by atoms with Gasteiger partial charge in [-0.25, -0.2) is 13.8 Å². The van der Waals surface area contributed by atoms with E-state index in [4.69, 9.17) is 0 Å². The molecule has 23 heavy (non-hydrogen) atoms. The largest absolute Gasteiger partial charge is 0.366 e. The lowest BCUT2D eigenvalue weighted by Gasteiger charge is -2.15. The van der Waals surface area contributed by atoms with Crippen molar-refractivity contribution in [2.45, 2.75) is 5.92 Å². The predicted octanol–water partition coefficient (Wildman–Crippen LogP) is 3.83. The normalized spacial score (nSPS) is 11.9. The Bertz CT molecular complexity index is 918. The van der Waals surface area contributed by atoms with Gasteiger partial charge in [0.15, 0.2) is 5.82 Å². The summed E-state index contributed by atoms with van der Waals surface area (Å²) in [5.74, 6) is -8.91. The van der Waals surface area contributed by atoms with Crippen molar-refractivity contribution in [2.24, 2.45) is 7.05 Å². The van der Waals surface area contributed by atoms with E-state index in [1.165, 1.54) is 13.1 Å². The van der Waals surface area contributed by atoms with Crippen molar-refractivity contribution >= 4 is 16.8 Å². The molecule has 118 valence electrons. The predicted molar refractivity (Wildman–Crippen MR) is 75.3 cm³/mol. The molecule has 0 aliphatic rings. The molecule has 0 aliphatic heterocycles. The Labute approximate surface area is 128 Å². The molecule has 0 N–H and O–H groups in total. The molecule has 7 heteroatoms. The summed E-state index contributed by atoms with van der Waals surface area (Å²) in [6, 6.07) is 8.21. The number of para-hydroxylation sites is 2. The third-order valence-corrected chi connectivity index (χ3v) is 3.53. The maximum absolute atomic E-state index is 14.5. The lowest BCUT2D eigenvalue weighted by atomic mass is 10.0. The third kappa shape index (κ3) is 2.38. The second-order valence-electron chi connectivity index (χ2n) is 5.01. The molecule has 3 rings (SSSR count). The lowest BCUT2D eigenvalue weighted by Crippen LogP contribution is -2.30. The molecule has 3 aromatic rings. The van der Waals surface area contributed by atoms with E-state index in [1.54, 1.807) is 18.2 Å². The fourth-order valence-electron chi connectivity index (χ4n) is 2.37. The summed E-state index contributed by atoms with van der Waals surface area (Å²) >= 11 is 0. The first kappa shape index (κ1) is 15.2. The number of nitrogens with zero attached hydrogens (tertiary/aromatic N) is 2. The molecular weight excluding hydrogens is 312 g/mol. The van der Waals surface area contributed by atoms with Gasteiger partial charge in [-0.1, -0.05) is 12.1 Å². The molecule has 0 atom stereocenters. The summed E-state index contributed by atoms with van der Waals surface area (Å²) in [5, 5.41) is 0. The first-order valence-electron chi connectivity index (χ1n) is 6.62. The van der Waals surface area contributed by atoms with Gasteiger partial charge in [-0.2, -0.15) is 8.78 Å². The van der Waals surface area contributed by atoms with E-state index in [0.717, 1.165) is 10.6 Å². The molecule has 0 saturated heterocycles. The standard InChI is InChI=1S/C16H10F4N2O/c1-22-13-5-3-2-4-12(13)21-15(22)16(19,20)14(23)10-7-6-9(17)8-11(10)18/h2-8H,1H3. The van der Waals surface area contributed by atoms with Crippen LogP contribution in [0.3, 0.4) is 0 Å². The summed E-state index contributed by atoms with van der Waals surface area (Å²) in [7, 11) is 1.34. The Morgan fingerprint density at radius 3 is 2.48 bits per heavy atom. The van der Waals surface area contributed by atoms with Crippen LogP contribution in [-0.4, -0.2) is 15.3 Å². The van der Waals surface area contributed by atoms with Crippen molar-refractivity contribution in [3.8, 4) is 0 Å². The molecule has 3 nitrogen and oxygen atoms in total. The first-order valence-corrected chi connectivity index (χ1v) is 6.62. The fraction of sp³-hybridized carbons (Fsp3) is 0.125. The monoisotopic (exact) mass is 322 g/mol. The van der Waals surface area contributed by atoms with Crippen LogP contribution in [0.2, 0.25) is 0 Å². The Morgan fingerprint density at radius 1 is 1.13 bits per heavy atom. The van der Waals surface area contributed by atoms with Crippen molar-refractivity contribution in [3.63, 3.8) is 0 Å². The molecule has 0 aliphatic carbocycles. The van der Waals surface area contributed by atoms with E-state index in [0.29, 0.717) is 17.6 Å². The highest BCUT2D eigenvalue weighted by Gasteiger charge is 2.46. The number of benzene rings is 2. The van der Waals surface area contributed by atoms with Gasteiger partial charge < -0.3 is 4.57 Å². The zero-order valence-electron chi connectivity index (χ0n) is 11.9. The number of rotatable bonds is 3. The van der Waals surface area contributed by atoms with Crippen LogP contribution < -0.4 is 0 Å². The summed E-state index contributed by atoms with van der Waals surface area (Å²) in [6.45, 7) is 0. The summed E-state index contributed by atoms with van der Waals surface area (Å²) in [6.07, 6.45) is 0. The molecule has 0 bridgehead atoms. The number of Topliss-reactive ketones (excluding diaryl/α,β-unsaturated/α-hetero) is 1. The molecule has 0 fully saturated rings. The molecule has 1 aromatic heterocycles. The molecule has 1 heterocycles. The number of halogens is 4. The van der Waals surface area contributed by atoms with Crippen molar-refractivity contribution in [3.05, 3.63) is 65.5 Å². The molecule has 0 radical (unpaired) electrons. The van der Waals surface area contributed by atoms with Crippen molar-refractivity contribution < 1.29 is 22.4 Å². The zero-order chi connectivity index (χ0) is 16.8. The number of aromatic nitrogens is 2. The number of hydrogen-bond donors (Lipinski definition) is 0. The third-order valence-electron chi connectivity index (χ3n) is 3.53. The summed E-state index contributed by atoms with van der Waals surface area (Å²) in [4.78, 5) is 15.8. The molecule has 0 spiro atoms. The van der Waals surface area contributed by atoms with Gasteiger partial charge in [0.1, 0.15) is 11.6 Å². The van der Waals surface area contributed by atoms with Crippen LogP contribution >= 0.6 is 0 Å². The SMILES string of the molecule is Cn1c(C(F)(F)C(=O)c2ccc(F)cc2F)nc2ccccc21. The Balaban J connectivity index is 2.12. The number of ketones is 1. The number of alkyl halides is 2. The number of fused-ring (bicyclic) bond motifs is 1. The van der Waals surface area contributed by atoms with Crippen LogP contribution in [-0.2, 0) is 13.0 Å². The van der Waals surface area contributed by atoms with Gasteiger partial charge in [0.25, 0.3) is 0 Å². The minimum Gasteiger partial charge on any atom is -0.326 e. The van der Waals surface area contributed by atoms with Gasteiger partial charge in [0.05, 0.1) is 16.6 Å². The molecule has 2 aromatic carbocycles. The lowest BCUT2D eigenvalue weighted by molar-refractivity contribution is -0.000152. The highest BCUT2D eigenvalue weighted by atomic mass is 19.3. The number of imidazole rings is 1. The van der Waals surface area contributed by atoms with Crippen LogP contribution in [0.25, 0.3) is 11.0 Å². The van der Waals surface area contributed by atoms with Crippen molar-refractivity contribution in [1.29, 1.82) is 0 Å². The van der Waals surface area contributed by atoms with Gasteiger partial charge in [0, 0.05) is 13.1 Å². The summed E-state index contributed by atoms with van der Waals surface area (Å²) in [5.41, 5.74) is -0.185. The van der Waals surface area contributed by atoms with Gasteiger partial charge in [-0.15, -0.1) is 0 Å². The van der Waals surface area contributed by atoms with Crippen molar-refractivity contribution in [1.82, 2.24) is 9.55 Å². The number of hydrogen-bond acceptors (Lipinski definition) is 2. The number of carbonyl (C=O) groups is 1. The van der Waals surface area contributed by atoms with E-state index in [9.17, 15) is 22.4 Å². The smallest absolute Gasteiger partial charge is 0.326 e. The van der Waals surface area contributed by atoms with E-state index >= 15 is 0 Å². The van der Waals surface area contributed by atoms with Crippen LogP contribution in [0, 0.1) is 11.6 Å². The second-order valence-corrected chi connectivity index (χ2v) is 5.01. The minimum atomic E-state index is -4.05. The van der Waals surface area contributed by atoms with Gasteiger partial charge in [0.2, 0.25) is 5.78 Å². The number of carbonyl (C=O) groups excluding carboxylic acids is 1. The first-order chi connectivity index (χ1) is 10.8. The van der Waals surface area contributed by atoms with E-state index < -0.39 is 34.7 Å². The van der Waals surface area contributed by atoms with E-state index in [-0.39, 0.29) is 5.52 Å².